The number of hydrogen-bond donors (Lipinski definition) is 0. The van der Waals surface area contributed by atoms with Crippen LogP contribution in [0.25, 0.3) is 0 Å². The molecule has 0 unspecified atom stereocenters. The zero-order valence-electron chi connectivity index (χ0n) is 6.76. The van der Waals surface area contributed by atoms with Crippen molar-refractivity contribution in [1.29, 1.82) is 5.26 Å². The van der Waals surface area contributed by atoms with E-state index >= 15 is 0 Å². The fourth-order valence-electron chi connectivity index (χ4n) is 0.882. The van der Waals surface area contributed by atoms with E-state index in [-0.39, 0.29) is 0 Å². The molecule has 0 atom stereocenters. The average Bonchev–Trinajstić information content (AvgIpc) is 2.15. The topological polar surface area (TPSA) is 33.0 Å². The van der Waals surface area contributed by atoms with Gasteiger partial charge in [0.2, 0.25) is 0 Å². The lowest BCUT2D eigenvalue weighted by molar-refractivity contribution is 0.344. The summed E-state index contributed by atoms with van der Waals surface area (Å²) >= 11 is 6.54. The number of alkyl halides is 1. The van der Waals surface area contributed by atoms with Crippen LogP contribution in [0, 0.1) is 11.3 Å². The van der Waals surface area contributed by atoms with Crippen molar-refractivity contribution < 1.29 is 4.74 Å². The van der Waals surface area contributed by atoms with Gasteiger partial charge in [0.15, 0.2) is 0 Å². The van der Waals surface area contributed by atoms with Crippen molar-refractivity contribution in [1.82, 2.24) is 0 Å². The Labute approximate surface area is 93.8 Å². The quantitative estimate of drug-likeness (QED) is 0.804. The summed E-state index contributed by atoms with van der Waals surface area (Å²) < 4.78 is 6.12. The van der Waals surface area contributed by atoms with Gasteiger partial charge in [-0.3, -0.25) is 0 Å². The molecular weight excluding hydrogens is 298 g/mol. The summed E-state index contributed by atoms with van der Waals surface area (Å²) in [6.45, 7) is 0.561. The van der Waals surface area contributed by atoms with E-state index in [1.807, 2.05) is 12.1 Å². The second kappa shape index (κ2) is 5.25. The summed E-state index contributed by atoms with van der Waals surface area (Å²) in [5.74, 6) is 0.622. The van der Waals surface area contributed by atoms with E-state index in [0.717, 1.165) is 9.80 Å². The van der Waals surface area contributed by atoms with Crippen molar-refractivity contribution in [2.75, 3.05) is 11.9 Å². The molecule has 1 aromatic rings. The van der Waals surface area contributed by atoms with Gasteiger partial charge in [-0.15, -0.1) is 0 Å². The first-order valence-corrected chi connectivity index (χ1v) is 5.58. The molecule has 13 heavy (non-hydrogen) atoms. The highest BCUT2D eigenvalue weighted by Crippen LogP contribution is 2.25. The molecule has 0 heterocycles. The molecule has 0 saturated heterocycles. The molecule has 4 heteroatoms. The molecule has 0 amide bonds. The number of benzene rings is 1. The van der Waals surface area contributed by atoms with Crippen LogP contribution >= 0.6 is 31.9 Å². The summed E-state index contributed by atoms with van der Waals surface area (Å²) in [7, 11) is 0. The molecule has 0 N–H and O–H groups in total. The Morgan fingerprint density at radius 2 is 2.23 bits per heavy atom. The van der Waals surface area contributed by atoms with Crippen LogP contribution in [0.2, 0.25) is 0 Å². The van der Waals surface area contributed by atoms with Gasteiger partial charge >= 0.3 is 0 Å². The summed E-state index contributed by atoms with van der Waals surface area (Å²) in [6, 6.07) is 7.53. The maximum absolute atomic E-state index is 8.83. The minimum atomic E-state index is 0.545. The van der Waals surface area contributed by atoms with Gasteiger partial charge in [-0.1, -0.05) is 22.0 Å². The monoisotopic (exact) mass is 303 g/mol. The Bertz CT molecular complexity index is 333. The Hall–Kier alpha value is -0.530. The van der Waals surface area contributed by atoms with E-state index < -0.39 is 0 Å². The SMILES string of the molecule is N#Cc1c(Br)cccc1OCCBr. The van der Waals surface area contributed by atoms with E-state index in [2.05, 4.69) is 37.9 Å². The average molecular weight is 305 g/mol. The Morgan fingerprint density at radius 3 is 2.85 bits per heavy atom. The van der Waals surface area contributed by atoms with Gasteiger partial charge in [-0.05, 0) is 28.1 Å². The minimum absolute atomic E-state index is 0.545. The van der Waals surface area contributed by atoms with Crippen molar-refractivity contribution in [2.24, 2.45) is 0 Å². The second-order valence-electron chi connectivity index (χ2n) is 2.26. The van der Waals surface area contributed by atoms with Crippen molar-refractivity contribution in [3.63, 3.8) is 0 Å². The number of hydrogen-bond acceptors (Lipinski definition) is 2. The van der Waals surface area contributed by atoms with Crippen LogP contribution in [-0.4, -0.2) is 11.9 Å². The maximum Gasteiger partial charge on any atom is 0.138 e. The van der Waals surface area contributed by atoms with Gasteiger partial charge in [-0.25, -0.2) is 0 Å². The summed E-state index contributed by atoms with van der Waals surface area (Å²) in [4.78, 5) is 0. The Balaban J connectivity index is 2.93. The van der Waals surface area contributed by atoms with Crippen LogP contribution in [0.3, 0.4) is 0 Å². The third-order valence-corrected chi connectivity index (χ3v) is 2.41. The first-order valence-electron chi connectivity index (χ1n) is 3.67. The van der Waals surface area contributed by atoms with E-state index in [9.17, 15) is 0 Å². The maximum atomic E-state index is 8.83. The number of halogens is 2. The second-order valence-corrected chi connectivity index (χ2v) is 3.91. The first-order chi connectivity index (χ1) is 6.29. The van der Waals surface area contributed by atoms with E-state index in [4.69, 9.17) is 10.00 Å². The predicted octanol–water partition coefficient (Wildman–Crippen LogP) is 3.09. The number of rotatable bonds is 3. The molecule has 0 aliphatic carbocycles. The molecule has 1 rings (SSSR count). The van der Waals surface area contributed by atoms with Crippen LogP contribution in [0.15, 0.2) is 22.7 Å². The highest BCUT2D eigenvalue weighted by Gasteiger charge is 2.05. The van der Waals surface area contributed by atoms with Crippen molar-refractivity contribution >= 4 is 31.9 Å². The third kappa shape index (κ3) is 2.71. The lowest BCUT2D eigenvalue weighted by Gasteiger charge is -2.06. The highest BCUT2D eigenvalue weighted by molar-refractivity contribution is 9.10. The van der Waals surface area contributed by atoms with Gasteiger partial charge in [0.1, 0.15) is 17.4 Å². The van der Waals surface area contributed by atoms with Gasteiger partial charge < -0.3 is 4.74 Å². The molecule has 0 saturated carbocycles. The van der Waals surface area contributed by atoms with Crippen LogP contribution in [-0.2, 0) is 0 Å². The zero-order chi connectivity index (χ0) is 9.68. The van der Waals surface area contributed by atoms with E-state index in [1.54, 1.807) is 6.07 Å². The van der Waals surface area contributed by atoms with Gasteiger partial charge in [0.05, 0.1) is 6.61 Å². The lowest BCUT2D eigenvalue weighted by atomic mass is 10.2. The van der Waals surface area contributed by atoms with Crippen molar-refractivity contribution in [2.45, 2.75) is 0 Å². The van der Waals surface area contributed by atoms with Crippen LogP contribution < -0.4 is 4.74 Å². The zero-order valence-corrected chi connectivity index (χ0v) is 9.93. The highest BCUT2D eigenvalue weighted by atomic mass is 79.9. The number of ether oxygens (including phenoxy) is 1. The Kier molecular flexibility index (Phi) is 4.26. The molecule has 0 spiro atoms. The first kappa shape index (κ1) is 10.6. The molecule has 0 aliphatic heterocycles. The molecule has 68 valence electrons. The van der Waals surface area contributed by atoms with E-state index in [0.29, 0.717) is 17.9 Å². The summed E-state index contributed by atoms with van der Waals surface area (Å²) in [5, 5.41) is 9.58. The van der Waals surface area contributed by atoms with Crippen LogP contribution in [0.4, 0.5) is 0 Å². The number of nitrogens with zero attached hydrogens (tertiary/aromatic N) is 1. The fraction of sp³-hybridized carbons (Fsp3) is 0.222. The van der Waals surface area contributed by atoms with Crippen LogP contribution in [0.1, 0.15) is 5.56 Å². The molecule has 2 nitrogen and oxygen atoms in total. The normalized spacial score (nSPS) is 9.31. The number of nitriles is 1. The van der Waals surface area contributed by atoms with Gasteiger partial charge in [0.25, 0.3) is 0 Å². The molecule has 1 aromatic carbocycles. The largest absolute Gasteiger partial charge is 0.491 e. The minimum Gasteiger partial charge on any atom is -0.491 e. The third-order valence-electron chi connectivity index (χ3n) is 1.42. The van der Waals surface area contributed by atoms with Crippen molar-refractivity contribution in [3.8, 4) is 11.8 Å². The summed E-state index contributed by atoms with van der Waals surface area (Å²) in [5.41, 5.74) is 0.545. The standard InChI is InChI=1S/C9H7Br2NO/c10-4-5-13-9-3-1-2-8(11)7(9)6-12/h1-3H,4-5H2. The van der Waals surface area contributed by atoms with Crippen LogP contribution in [0.5, 0.6) is 5.75 Å². The molecule has 0 aromatic heterocycles. The molecule has 0 fully saturated rings. The van der Waals surface area contributed by atoms with Gasteiger partial charge in [0, 0.05) is 9.80 Å². The molecule has 0 aliphatic rings. The fourth-order valence-corrected chi connectivity index (χ4v) is 1.48. The predicted molar refractivity (Wildman–Crippen MR) is 58.1 cm³/mol. The summed E-state index contributed by atoms with van der Waals surface area (Å²) in [6.07, 6.45) is 0. The van der Waals surface area contributed by atoms with E-state index in [1.165, 1.54) is 0 Å². The van der Waals surface area contributed by atoms with Crippen molar-refractivity contribution in [3.05, 3.63) is 28.2 Å². The van der Waals surface area contributed by atoms with Gasteiger partial charge in [-0.2, -0.15) is 5.26 Å². The molecule has 0 radical (unpaired) electrons. The lowest BCUT2D eigenvalue weighted by Crippen LogP contribution is -1.99. The Morgan fingerprint density at radius 1 is 1.46 bits per heavy atom. The molecular formula is C9H7Br2NO. The smallest absolute Gasteiger partial charge is 0.138 e. The molecule has 0 bridgehead atoms.